The summed E-state index contributed by atoms with van der Waals surface area (Å²) in [6, 6.07) is 0. The first-order valence-corrected chi connectivity index (χ1v) is 11.9. The minimum atomic E-state index is -4.53. The summed E-state index contributed by atoms with van der Waals surface area (Å²) in [7, 11) is 5.02. The Morgan fingerprint density at radius 2 is 1.81 bits per heavy atom. The number of rotatable bonds is 5. The fraction of sp³-hybridized carbons (Fsp3) is 0.417. The average molecular weight is 512 g/mol. The minimum absolute atomic E-state index is 0.0538. The van der Waals surface area contributed by atoms with E-state index in [0.29, 0.717) is 24.9 Å². The number of ether oxygens (including phenoxy) is 1. The van der Waals surface area contributed by atoms with Crippen LogP contribution in [0.25, 0.3) is 22.9 Å². The number of halogens is 3. The largest absolute Gasteiger partial charge is 0.480 e. The zero-order valence-corrected chi connectivity index (χ0v) is 20.5. The summed E-state index contributed by atoms with van der Waals surface area (Å²) in [5.41, 5.74) is 4.59. The van der Waals surface area contributed by atoms with E-state index in [0.717, 1.165) is 59.4 Å². The second kappa shape index (κ2) is 8.53. The Morgan fingerprint density at radius 1 is 1.05 bits per heavy atom. The maximum Gasteiger partial charge on any atom is 0.434 e. The second-order valence-corrected chi connectivity index (χ2v) is 9.31. The van der Waals surface area contributed by atoms with E-state index in [1.54, 1.807) is 19.5 Å². The first-order valence-electron chi connectivity index (χ1n) is 11.9. The van der Waals surface area contributed by atoms with Gasteiger partial charge in [0.15, 0.2) is 17.3 Å². The maximum atomic E-state index is 13.1. The van der Waals surface area contributed by atoms with Gasteiger partial charge in [-0.15, -0.1) is 0 Å². The van der Waals surface area contributed by atoms with Crippen molar-refractivity contribution in [1.82, 2.24) is 39.3 Å². The minimum Gasteiger partial charge on any atom is -0.480 e. The topological polar surface area (TPSA) is 99.7 Å². The highest BCUT2D eigenvalue weighted by Gasteiger charge is 2.36. The molecule has 37 heavy (non-hydrogen) atoms. The number of imidazole rings is 1. The molecule has 2 aliphatic rings. The Balaban J connectivity index is 1.32. The van der Waals surface area contributed by atoms with Gasteiger partial charge in [0.25, 0.3) is 0 Å². The van der Waals surface area contributed by atoms with Crippen LogP contribution in [0, 0.1) is 0 Å². The van der Waals surface area contributed by atoms with Crippen molar-refractivity contribution in [3.8, 4) is 28.8 Å². The normalized spacial score (nSPS) is 15.7. The summed E-state index contributed by atoms with van der Waals surface area (Å²) < 4.78 is 48.0. The van der Waals surface area contributed by atoms with Gasteiger partial charge in [0.05, 0.1) is 36.4 Å². The Morgan fingerprint density at radius 3 is 2.46 bits per heavy atom. The van der Waals surface area contributed by atoms with Crippen LogP contribution in [0.15, 0.2) is 24.9 Å². The monoisotopic (exact) mass is 511 g/mol. The lowest BCUT2D eigenvalue weighted by Gasteiger charge is -2.29. The van der Waals surface area contributed by atoms with E-state index in [9.17, 15) is 13.2 Å². The molecule has 5 heterocycles. The van der Waals surface area contributed by atoms with Crippen molar-refractivity contribution in [3.05, 3.63) is 47.6 Å². The molecule has 0 saturated heterocycles. The number of aryl methyl sites for hydroxylation is 2. The summed E-state index contributed by atoms with van der Waals surface area (Å²) >= 11 is 0. The van der Waals surface area contributed by atoms with Gasteiger partial charge >= 0.3 is 6.18 Å². The van der Waals surface area contributed by atoms with Gasteiger partial charge in [0, 0.05) is 57.0 Å². The van der Waals surface area contributed by atoms with Gasteiger partial charge in [0.1, 0.15) is 12.0 Å². The molecular formula is C24H24F3N9O. The highest BCUT2D eigenvalue weighted by atomic mass is 19.4. The third kappa shape index (κ3) is 4.07. The molecule has 10 nitrogen and oxygen atoms in total. The number of hydrogen-bond donors (Lipinski definition) is 0. The molecule has 1 fully saturated rings. The standard InChI is InChI=1S/C24H24F3N9O/c1-34-11-17(24(25,26)27)32-22(34)21-28-8-14(9-29-21)36-7-6-16-15(10-36)20(33-35(16)2)18-19(13-4-5-13)30-12-31-23(18)37-3/h8-9,11-13H,4-7,10H2,1-3H3. The SMILES string of the molecule is COc1ncnc(C2CC2)c1-c1nn(C)c2c1CN(c1cnc(-c3nc(C(F)(F)F)cn3C)nc1)CC2. The van der Waals surface area contributed by atoms with Crippen molar-refractivity contribution in [1.29, 1.82) is 0 Å². The molecule has 0 unspecified atom stereocenters. The van der Waals surface area contributed by atoms with Crippen LogP contribution in [-0.2, 0) is 33.2 Å². The van der Waals surface area contributed by atoms with Crippen LogP contribution in [0.1, 0.15) is 41.4 Å². The predicted octanol–water partition coefficient (Wildman–Crippen LogP) is 3.54. The van der Waals surface area contributed by atoms with E-state index in [4.69, 9.17) is 9.84 Å². The molecule has 0 amide bonds. The predicted molar refractivity (Wildman–Crippen MR) is 127 cm³/mol. The van der Waals surface area contributed by atoms with Gasteiger partial charge in [-0.05, 0) is 12.8 Å². The molecular weight excluding hydrogens is 487 g/mol. The van der Waals surface area contributed by atoms with Crippen LogP contribution in [0.3, 0.4) is 0 Å². The Bertz CT molecular complexity index is 1470. The van der Waals surface area contributed by atoms with E-state index in [2.05, 4.69) is 29.8 Å². The van der Waals surface area contributed by atoms with Crippen LogP contribution >= 0.6 is 0 Å². The summed E-state index contributed by atoms with van der Waals surface area (Å²) in [5, 5.41) is 4.85. The smallest absolute Gasteiger partial charge is 0.434 e. The molecule has 0 radical (unpaired) electrons. The Hall–Kier alpha value is -4.03. The van der Waals surface area contributed by atoms with Gasteiger partial charge < -0.3 is 14.2 Å². The lowest BCUT2D eigenvalue weighted by molar-refractivity contribution is -0.140. The number of fused-ring (bicyclic) bond motifs is 1. The summed E-state index contributed by atoms with van der Waals surface area (Å²) in [6.07, 6.45) is 4.09. The van der Waals surface area contributed by atoms with Crippen LogP contribution in [0.4, 0.5) is 18.9 Å². The van der Waals surface area contributed by atoms with Gasteiger partial charge in [-0.1, -0.05) is 0 Å². The summed E-state index contributed by atoms with van der Waals surface area (Å²) in [6.45, 7) is 1.28. The maximum absolute atomic E-state index is 13.1. The molecule has 1 aliphatic carbocycles. The molecule has 4 aromatic heterocycles. The van der Waals surface area contributed by atoms with Crippen LogP contribution in [0.5, 0.6) is 5.88 Å². The molecule has 6 rings (SSSR count). The van der Waals surface area contributed by atoms with Crippen molar-refractivity contribution in [2.45, 2.75) is 37.9 Å². The number of aromatic nitrogens is 8. The van der Waals surface area contributed by atoms with Gasteiger partial charge in [-0.3, -0.25) is 4.68 Å². The third-order valence-electron chi connectivity index (χ3n) is 6.85. The molecule has 192 valence electrons. The van der Waals surface area contributed by atoms with Crippen LogP contribution in [0.2, 0.25) is 0 Å². The van der Waals surface area contributed by atoms with Crippen molar-refractivity contribution >= 4 is 5.69 Å². The number of alkyl halides is 3. The van der Waals surface area contributed by atoms with Crippen LogP contribution in [-0.4, -0.2) is 52.9 Å². The molecule has 1 aliphatic heterocycles. The number of methoxy groups -OCH3 is 1. The van der Waals surface area contributed by atoms with E-state index in [1.807, 2.05) is 11.7 Å². The van der Waals surface area contributed by atoms with Gasteiger partial charge in [-0.25, -0.2) is 24.9 Å². The highest BCUT2D eigenvalue weighted by Crippen LogP contribution is 2.46. The molecule has 0 bridgehead atoms. The Kier molecular flexibility index (Phi) is 5.39. The molecule has 0 spiro atoms. The number of hydrogen-bond acceptors (Lipinski definition) is 8. The van der Waals surface area contributed by atoms with Crippen molar-refractivity contribution in [2.75, 3.05) is 18.6 Å². The fourth-order valence-corrected chi connectivity index (χ4v) is 4.85. The van der Waals surface area contributed by atoms with Gasteiger partial charge in [0.2, 0.25) is 5.88 Å². The van der Waals surface area contributed by atoms with Crippen molar-refractivity contribution in [3.63, 3.8) is 0 Å². The molecule has 0 aromatic carbocycles. The lowest BCUT2D eigenvalue weighted by atomic mass is 9.99. The molecule has 0 N–H and O–H groups in total. The van der Waals surface area contributed by atoms with Crippen LogP contribution < -0.4 is 9.64 Å². The molecule has 4 aromatic rings. The number of nitrogens with zero attached hydrogens (tertiary/aromatic N) is 9. The second-order valence-electron chi connectivity index (χ2n) is 9.31. The quantitative estimate of drug-likeness (QED) is 0.401. The van der Waals surface area contributed by atoms with Crippen molar-refractivity contribution < 1.29 is 17.9 Å². The average Bonchev–Trinajstić information content (AvgIpc) is 3.58. The third-order valence-corrected chi connectivity index (χ3v) is 6.85. The Labute approximate surface area is 210 Å². The molecule has 13 heteroatoms. The highest BCUT2D eigenvalue weighted by molar-refractivity contribution is 5.73. The first-order chi connectivity index (χ1) is 17.7. The molecule has 0 atom stereocenters. The van der Waals surface area contributed by atoms with E-state index >= 15 is 0 Å². The summed E-state index contributed by atoms with van der Waals surface area (Å²) in [5.74, 6) is 1.07. The van der Waals surface area contributed by atoms with E-state index in [-0.39, 0.29) is 11.6 Å². The van der Waals surface area contributed by atoms with E-state index < -0.39 is 11.9 Å². The van der Waals surface area contributed by atoms with E-state index in [1.165, 1.54) is 17.9 Å². The van der Waals surface area contributed by atoms with Crippen molar-refractivity contribution in [2.24, 2.45) is 14.1 Å². The van der Waals surface area contributed by atoms with Gasteiger partial charge in [-0.2, -0.15) is 18.3 Å². The fourth-order valence-electron chi connectivity index (χ4n) is 4.85. The number of anilines is 1. The summed E-state index contributed by atoms with van der Waals surface area (Å²) in [4.78, 5) is 23.4. The first kappa shape index (κ1) is 23.4. The zero-order valence-electron chi connectivity index (χ0n) is 20.5. The lowest BCUT2D eigenvalue weighted by Crippen LogP contribution is -2.31. The zero-order chi connectivity index (χ0) is 25.9. The molecule has 1 saturated carbocycles.